The van der Waals surface area contributed by atoms with E-state index in [9.17, 15) is 9.90 Å². The zero-order valence-electron chi connectivity index (χ0n) is 10.2. The van der Waals surface area contributed by atoms with E-state index < -0.39 is 6.10 Å². The number of β-amino-alcohol motifs (C(OH)–C–C–N with tert-alkyl or cyclic N) is 1. The Labute approximate surface area is 110 Å². The third-order valence-corrected chi connectivity index (χ3v) is 4.62. The van der Waals surface area contributed by atoms with Crippen LogP contribution in [0.2, 0.25) is 0 Å². The molecular formula is C12H16N2O3S. The van der Waals surface area contributed by atoms with Crippen LogP contribution in [0.15, 0.2) is 10.7 Å². The summed E-state index contributed by atoms with van der Waals surface area (Å²) >= 11 is 1.76. The fraction of sp³-hybridized carbons (Fsp3) is 0.583. The molecule has 98 valence electrons. The van der Waals surface area contributed by atoms with Crippen LogP contribution in [-0.2, 0) is 11.5 Å². The summed E-state index contributed by atoms with van der Waals surface area (Å²) < 4.78 is 5.42. The van der Waals surface area contributed by atoms with Crippen molar-refractivity contribution in [2.24, 2.45) is 0 Å². The Morgan fingerprint density at radius 1 is 1.56 bits per heavy atom. The lowest BCUT2D eigenvalue weighted by Gasteiger charge is -2.26. The number of carbonyl (C=O) groups excluding carboxylic acids is 1. The molecule has 18 heavy (non-hydrogen) atoms. The van der Waals surface area contributed by atoms with Crippen molar-refractivity contribution in [1.29, 1.82) is 0 Å². The highest BCUT2D eigenvalue weighted by molar-refractivity contribution is 7.98. The molecule has 3 rings (SSSR count). The molecule has 1 amide bonds. The first kappa shape index (κ1) is 12.1. The number of carbonyl (C=O) groups is 1. The highest BCUT2D eigenvalue weighted by Gasteiger charge is 2.34. The summed E-state index contributed by atoms with van der Waals surface area (Å²) in [6.07, 6.45) is 1.06. The summed E-state index contributed by atoms with van der Waals surface area (Å²) in [5.41, 5.74) is 1.67. The molecule has 5 nitrogen and oxygen atoms in total. The largest absolute Gasteiger partial charge is 0.467 e. The summed E-state index contributed by atoms with van der Waals surface area (Å²) in [5.74, 6) is 2.55. The lowest BCUT2D eigenvalue weighted by Crippen LogP contribution is -2.44. The summed E-state index contributed by atoms with van der Waals surface area (Å²) in [4.78, 5) is 14.0. The zero-order valence-corrected chi connectivity index (χ0v) is 11.0. The summed E-state index contributed by atoms with van der Waals surface area (Å²) in [7, 11) is 1.74. The average Bonchev–Trinajstić information content (AvgIpc) is 3.02. The number of thioether (sulfide) groups is 1. The molecule has 2 aliphatic rings. The van der Waals surface area contributed by atoms with Crippen molar-refractivity contribution in [3.05, 3.63) is 23.2 Å². The van der Waals surface area contributed by atoms with Gasteiger partial charge in [0.2, 0.25) is 0 Å². The molecule has 0 saturated carbocycles. The third kappa shape index (κ3) is 1.84. The Morgan fingerprint density at radius 2 is 2.39 bits per heavy atom. The van der Waals surface area contributed by atoms with Crippen LogP contribution in [0, 0.1) is 0 Å². The number of hydrogen-bond acceptors (Lipinski definition) is 5. The van der Waals surface area contributed by atoms with Crippen LogP contribution in [-0.4, -0.2) is 48.2 Å². The predicted octanol–water partition coefficient (Wildman–Crippen LogP) is 0.431. The number of nitrogens with one attached hydrogen (secondary N) is 1. The summed E-state index contributed by atoms with van der Waals surface area (Å²) in [5, 5.41) is 12.9. The minimum atomic E-state index is -0.492. The first-order valence-electron chi connectivity index (χ1n) is 6.01. The molecule has 0 spiro atoms. The van der Waals surface area contributed by atoms with E-state index in [1.807, 2.05) is 0 Å². The van der Waals surface area contributed by atoms with E-state index in [0.717, 1.165) is 22.8 Å². The first-order valence-corrected chi connectivity index (χ1v) is 7.17. The molecule has 1 aromatic heterocycles. The standard InChI is InChI=1S/C12H16N2O3S/c1-14(9-2-13-3-10(9)15)12(16)7-4-17-11-6-18-5-8(7)11/h4,9-10,13,15H,2-3,5-6H2,1H3/t9-,10-/m1/s1. The van der Waals surface area contributed by atoms with E-state index in [1.54, 1.807) is 30.0 Å². The van der Waals surface area contributed by atoms with E-state index in [1.165, 1.54) is 0 Å². The predicted molar refractivity (Wildman–Crippen MR) is 68.5 cm³/mol. The SMILES string of the molecule is CN(C(=O)c1coc2c1CSC2)[C@@H]1CNC[C@H]1O. The average molecular weight is 268 g/mol. The highest BCUT2D eigenvalue weighted by Crippen LogP contribution is 2.34. The van der Waals surface area contributed by atoms with Gasteiger partial charge in [0.05, 0.1) is 23.5 Å². The topological polar surface area (TPSA) is 65.7 Å². The Balaban J connectivity index is 1.81. The number of likely N-dealkylation sites (N-methyl/N-ethyl adjacent to an activating group) is 1. The molecule has 0 unspecified atom stereocenters. The maximum absolute atomic E-state index is 12.4. The number of amides is 1. The first-order chi connectivity index (χ1) is 8.68. The molecule has 1 aromatic rings. The van der Waals surface area contributed by atoms with Gasteiger partial charge in [-0.3, -0.25) is 4.79 Å². The van der Waals surface area contributed by atoms with Gasteiger partial charge in [-0.2, -0.15) is 0 Å². The second-order valence-corrected chi connectivity index (χ2v) is 5.74. The van der Waals surface area contributed by atoms with E-state index in [0.29, 0.717) is 18.7 Å². The van der Waals surface area contributed by atoms with Crippen LogP contribution in [0.1, 0.15) is 21.7 Å². The maximum Gasteiger partial charge on any atom is 0.257 e. The minimum absolute atomic E-state index is 0.0600. The van der Waals surface area contributed by atoms with Crippen LogP contribution in [0.3, 0.4) is 0 Å². The van der Waals surface area contributed by atoms with E-state index in [2.05, 4.69) is 5.32 Å². The van der Waals surface area contributed by atoms with Gasteiger partial charge in [0.25, 0.3) is 5.91 Å². The van der Waals surface area contributed by atoms with Crippen LogP contribution in [0.25, 0.3) is 0 Å². The molecule has 2 N–H and O–H groups in total. The van der Waals surface area contributed by atoms with E-state index >= 15 is 0 Å². The van der Waals surface area contributed by atoms with Gasteiger partial charge in [-0.1, -0.05) is 0 Å². The molecule has 0 radical (unpaired) electrons. The van der Waals surface area contributed by atoms with Crippen molar-refractivity contribution >= 4 is 17.7 Å². The number of aliphatic hydroxyl groups excluding tert-OH is 1. The van der Waals surface area contributed by atoms with E-state index in [4.69, 9.17) is 4.42 Å². The van der Waals surface area contributed by atoms with Crippen molar-refractivity contribution in [2.75, 3.05) is 20.1 Å². The monoisotopic (exact) mass is 268 g/mol. The number of hydrogen-bond donors (Lipinski definition) is 2. The van der Waals surface area contributed by atoms with Gasteiger partial charge >= 0.3 is 0 Å². The Bertz CT molecular complexity index is 474. The molecule has 3 heterocycles. The number of aliphatic hydroxyl groups is 1. The van der Waals surface area contributed by atoms with Crippen LogP contribution in [0.4, 0.5) is 0 Å². The molecule has 1 saturated heterocycles. The second kappa shape index (κ2) is 4.60. The lowest BCUT2D eigenvalue weighted by atomic mass is 10.1. The summed E-state index contributed by atoms with van der Waals surface area (Å²) in [6, 6.07) is -0.155. The van der Waals surface area contributed by atoms with Crippen molar-refractivity contribution in [2.45, 2.75) is 23.7 Å². The Hall–Kier alpha value is -0.980. The number of fused-ring (bicyclic) bond motifs is 1. The molecule has 2 atom stereocenters. The lowest BCUT2D eigenvalue weighted by molar-refractivity contribution is 0.0580. The van der Waals surface area contributed by atoms with Crippen LogP contribution >= 0.6 is 11.8 Å². The Morgan fingerprint density at radius 3 is 3.11 bits per heavy atom. The third-order valence-electron chi connectivity index (χ3n) is 3.66. The highest BCUT2D eigenvalue weighted by atomic mass is 32.2. The van der Waals surface area contributed by atoms with E-state index in [-0.39, 0.29) is 11.9 Å². The molecule has 0 aliphatic carbocycles. The molecule has 0 bridgehead atoms. The zero-order chi connectivity index (χ0) is 12.7. The smallest absolute Gasteiger partial charge is 0.257 e. The van der Waals surface area contributed by atoms with Gasteiger partial charge in [0.15, 0.2) is 0 Å². The van der Waals surface area contributed by atoms with Crippen LogP contribution in [0.5, 0.6) is 0 Å². The molecular weight excluding hydrogens is 252 g/mol. The van der Waals surface area contributed by atoms with Crippen molar-refractivity contribution in [3.63, 3.8) is 0 Å². The molecule has 6 heteroatoms. The normalized spacial score (nSPS) is 26.3. The summed E-state index contributed by atoms with van der Waals surface area (Å²) in [6.45, 7) is 1.18. The van der Waals surface area contributed by atoms with Gasteiger partial charge < -0.3 is 19.7 Å². The molecule has 0 aromatic carbocycles. The molecule has 1 fully saturated rings. The van der Waals surface area contributed by atoms with Gasteiger partial charge in [-0.05, 0) is 0 Å². The van der Waals surface area contributed by atoms with Gasteiger partial charge in [0.1, 0.15) is 12.0 Å². The second-order valence-electron chi connectivity index (χ2n) is 4.75. The number of furan rings is 1. The van der Waals surface area contributed by atoms with Crippen molar-refractivity contribution < 1.29 is 14.3 Å². The van der Waals surface area contributed by atoms with Gasteiger partial charge in [-0.15, -0.1) is 11.8 Å². The van der Waals surface area contributed by atoms with Crippen molar-refractivity contribution in [3.8, 4) is 0 Å². The van der Waals surface area contributed by atoms with Crippen molar-refractivity contribution in [1.82, 2.24) is 10.2 Å². The maximum atomic E-state index is 12.4. The molecule has 2 aliphatic heterocycles. The Kier molecular flexibility index (Phi) is 3.09. The minimum Gasteiger partial charge on any atom is -0.467 e. The quantitative estimate of drug-likeness (QED) is 0.814. The van der Waals surface area contributed by atoms with Gasteiger partial charge in [0, 0.05) is 31.5 Å². The number of nitrogens with zero attached hydrogens (tertiary/aromatic N) is 1. The fourth-order valence-corrected chi connectivity index (χ4v) is 3.56. The fourth-order valence-electron chi connectivity index (χ4n) is 2.51. The number of rotatable bonds is 2. The van der Waals surface area contributed by atoms with Gasteiger partial charge in [-0.25, -0.2) is 0 Å². The van der Waals surface area contributed by atoms with Crippen LogP contribution < -0.4 is 5.32 Å².